The smallest absolute Gasteiger partial charge is 0.242 e. The number of halogens is 1. The van der Waals surface area contributed by atoms with E-state index in [4.69, 9.17) is 17.3 Å². The molecular weight excluding hydrogens is 272 g/mol. The first-order valence-electron chi connectivity index (χ1n) is 5.93. The minimum atomic E-state index is -3.58. The van der Waals surface area contributed by atoms with Crippen LogP contribution >= 0.6 is 11.6 Å². The maximum Gasteiger partial charge on any atom is 0.242 e. The first-order chi connectivity index (χ1) is 8.38. The van der Waals surface area contributed by atoms with Crippen LogP contribution in [0.4, 0.5) is 5.69 Å². The van der Waals surface area contributed by atoms with Crippen LogP contribution in [0, 0.1) is 5.41 Å². The molecule has 1 aromatic rings. The van der Waals surface area contributed by atoms with Gasteiger partial charge < -0.3 is 5.73 Å². The third kappa shape index (κ3) is 2.79. The van der Waals surface area contributed by atoms with Crippen LogP contribution in [-0.2, 0) is 10.0 Å². The molecule has 1 aliphatic carbocycles. The predicted octanol–water partition coefficient (Wildman–Crippen LogP) is 2.39. The van der Waals surface area contributed by atoms with Gasteiger partial charge in [-0.05, 0) is 42.9 Å². The van der Waals surface area contributed by atoms with Gasteiger partial charge in [-0.25, -0.2) is 13.1 Å². The third-order valence-electron chi connectivity index (χ3n) is 3.59. The lowest BCUT2D eigenvalue weighted by Crippen LogP contribution is -2.30. The minimum Gasteiger partial charge on any atom is -0.399 e. The Hall–Kier alpha value is -0.780. The summed E-state index contributed by atoms with van der Waals surface area (Å²) in [6.07, 6.45) is 3.15. The quantitative estimate of drug-likeness (QED) is 0.817. The number of anilines is 1. The molecule has 100 valence electrons. The van der Waals surface area contributed by atoms with Gasteiger partial charge in [-0.15, -0.1) is 0 Å². The van der Waals surface area contributed by atoms with E-state index in [0.29, 0.717) is 12.2 Å². The van der Waals surface area contributed by atoms with E-state index in [0.717, 1.165) is 19.3 Å². The zero-order valence-corrected chi connectivity index (χ0v) is 11.8. The van der Waals surface area contributed by atoms with Crippen molar-refractivity contribution in [2.24, 2.45) is 5.41 Å². The van der Waals surface area contributed by atoms with E-state index in [1.165, 1.54) is 12.1 Å². The van der Waals surface area contributed by atoms with Crippen LogP contribution in [0.25, 0.3) is 0 Å². The molecule has 2 rings (SSSR count). The van der Waals surface area contributed by atoms with E-state index in [-0.39, 0.29) is 15.3 Å². The van der Waals surface area contributed by atoms with Crippen LogP contribution in [0.2, 0.25) is 5.02 Å². The highest BCUT2D eigenvalue weighted by Crippen LogP contribution is 2.48. The zero-order chi connectivity index (χ0) is 13.4. The van der Waals surface area contributed by atoms with Crippen LogP contribution < -0.4 is 10.5 Å². The predicted molar refractivity (Wildman–Crippen MR) is 73.0 cm³/mol. The van der Waals surface area contributed by atoms with Gasteiger partial charge >= 0.3 is 0 Å². The molecule has 0 heterocycles. The molecule has 1 aromatic carbocycles. The van der Waals surface area contributed by atoms with Crippen molar-refractivity contribution < 1.29 is 8.42 Å². The summed E-state index contributed by atoms with van der Waals surface area (Å²) in [5.74, 6) is 0. The normalized spacial score (nSPS) is 17.7. The van der Waals surface area contributed by atoms with Gasteiger partial charge in [0.15, 0.2) is 0 Å². The van der Waals surface area contributed by atoms with E-state index in [2.05, 4.69) is 11.6 Å². The van der Waals surface area contributed by atoms with Crippen molar-refractivity contribution in [1.82, 2.24) is 4.72 Å². The molecule has 4 nitrogen and oxygen atoms in total. The summed E-state index contributed by atoms with van der Waals surface area (Å²) in [6, 6.07) is 4.46. The number of sulfonamides is 1. The first kappa shape index (κ1) is 13.6. The fraction of sp³-hybridized carbons (Fsp3) is 0.500. The van der Waals surface area contributed by atoms with E-state index in [1.807, 2.05) is 0 Å². The number of hydrogen-bond acceptors (Lipinski definition) is 3. The Labute approximate surface area is 113 Å². The van der Waals surface area contributed by atoms with Crippen molar-refractivity contribution >= 4 is 27.3 Å². The lowest BCUT2D eigenvalue weighted by molar-refractivity contribution is 0.475. The third-order valence-corrected chi connectivity index (χ3v) is 5.47. The maximum absolute atomic E-state index is 12.1. The van der Waals surface area contributed by atoms with Crippen LogP contribution in [-0.4, -0.2) is 15.0 Å². The number of hydrogen-bond donors (Lipinski definition) is 2. The molecule has 0 aromatic heterocycles. The summed E-state index contributed by atoms with van der Waals surface area (Å²) in [5, 5.41) is 0.193. The summed E-state index contributed by atoms with van der Waals surface area (Å²) in [7, 11) is -3.58. The molecule has 1 aliphatic rings. The fourth-order valence-corrected chi connectivity index (χ4v) is 3.57. The Bertz CT molecular complexity index is 553. The number of nitrogens with one attached hydrogen (secondary N) is 1. The molecule has 0 atom stereocenters. The number of benzene rings is 1. The number of rotatable bonds is 5. The van der Waals surface area contributed by atoms with E-state index >= 15 is 0 Å². The molecule has 6 heteroatoms. The molecular formula is C12H17ClN2O2S. The molecule has 0 amide bonds. The van der Waals surface area contributed by atoms with E-state index < -0.39 is 10.0 Å². The SMILES string of the molecule is CCC1(CNS(=O)(=O)c2cc(N)ccc2Cl)CC1. The molecule has 18 heavy (non-hydrogen) atoms. The molecule has 0 aliphatic heterocycles. The molecule has 1 saturated carbocycles. The van der Waals surface area contributed by atoms with Crippen molar-refractivity contribution in [3.05, 3.63) is 23.2 Å². The van der Waals surface area contributed by atoms with Crippen molar-refractivity contribution in [3.8, 4) is 0 Å². The van der Waals surface area contributed by atoms with E-state index in [9.17, 15) is 8.42 Å². The van der Waals surface area contributed by atoms with Crippen molar-refractivity contribution in [2.75, 3.05) is 12.3 Å². The van der Waals surface area contributed by atoms with Gasteiger partial charge in [0.05, 0.1) is 5.02 Å². The Kier molecular flexibility index (Phi) is 3.58. The highest BCUT2D eigenvalue weighted by molar-refractivity contribution is 7.89. The van der Waals surface area contributed by atoms with Gasteiger partial charge in [0, 0.05) is 12.2 Å². The van der Waals surface area contributed by atoms with Gasteiger partial charge in [0.2, 0.25) is 10.0 Å². The Morgan fingerprint density at radius 1 is 1.44 bits per heavy atom. The van der Waals surface area contributed by atoms with Crippen LogP contribution in [0.15, 0.2) is 23.1 Å². The summed E-state index contributed by atoms with van der Waals surface area (Å²) >= 11 is 5.91. The Balaban J connectivity index is 2.18. The second-order valence-electron chi connectivity index (χ2n) is 4.87. The zero-order valence-electron chi connectivity index (χ0n) is 10.2. The topological polar surface area (TPSA) is 72.2 Å². The highest BCUT2D eigenvalue weighted by Gasteiger charge is 2.41. The molecule has 0 spiro atoms. The molecule has 0 radical (unpaired) electrons. The van der Waals surface area contributed by atoms with Crippen LogP contribution in [0.1, 0.15) is 26.2 Å². The van der Waals surface area contributed by atoms with Crippen molar-refractivity contribution in [2.45, 2.75) is 31.1 Å². The average molecular weight is 289 g/mol. The summed E-state index contributed by atoms with van der Waals surface area (Å²) in [5.41, 5.74) is 6.13. The molecule has 1 fully saturated rings. The molecule has 3 N–H and O–H groups in total. The Morgan fingerprint density at radius 2 is 2.11 bits per heavy atom. The van der Waals surface area contributed by atoms with E-state index in [1.54, 1.807) is 6.07 Å². The van der Waals surface area contributed by atoms with Crippen LogP contribution in [0.5, 0.6) is 0 Å². The van der Waals surface area contributed by atoms with Crippen molar-refractivity contribution in [1.29, 1.82) is 0 Å². The number of nitrogen functional groups attached to an aromatic ring is 1. The largest absolute Gasteiger partial charge is 0.399 e. The molecule has 0 unspecified atom stereocenters. The summed E-state index contributed by atoms with van der Waals surface area (Å²) < 4.78 is 26.9. The molecule has 0 bridgehead atoms. The lowest BCUT2D eigenvalue weighted by Gasteiger charge is -2.14. The summed E-state index contributed by atoms with van der Waals surface area (Å²) in [4.78, 5) is 0.0519. The number of nitrogens with two attached hydrogens (primary N) is 1. The fourth-order valence-electron chi connectivity index (χ4n) is 1.88. The van der Waals surface area contributed by atoms with Crippen molar-refractivity contribution in [3.63, 3.8) is 0 Å². The van der Waals surface area contributed by atoms with Gasteiger partial charge in [-0.2, -0.15) is 0 Å². The molecule has 0 saturated heterocycles. The minimum absolute atomic E-state index is 0.0519. The first-order valence-corrected chi connectivity index (χ1v) is 7.79. The van der Waals surface area contributed by atoms with Crippen LogP contribution in [0.3, 0.4) is 0 Å². The standard InChI is InChI=1S/C12H17ClN2O2S/c1-2-12(5-6-12)8-15-18(16,17)11-7-9(14)3-4-10(11)13/h3-4,7,15H,2,5-6,8,14H2,1H3. The monoisotopic (exact) mass is 288 g/mol. The van der Waals surface area contributed by atoms with Gasteiger partial charge in [0.1, 0.15) is 4.90 Å². The lowest BCUT2D eigenvalue weighted by atomic mass is 10.1. The van der Waals surface area contributed by atoms with Gasteiger partial charge in [-0.3, -0.25) is 0 Å². The second-order valence-corrected chi connectivity index (χ2v) is 7.01. The maximum atomic E-state index is 12.1. The van der Waals surface area contributed by atoms with Gasteiger partial charge in [0.25, 0.3) is 0 Å². The highest BCUT2D eigenvalue weighted by atomic mass is 35.5. The van der Waals surface area contributed by atoms with Gasteiger partial charge in [-0.1, -0.05) is 18.5 Å². The Morgan fingerprint density at radius 3 is 2.67 bits per heavy atom. The second kappa shape index (κ2) is 4.72. The average Bonchev–Trinajstić information content (AvgIpc) is 3.11. The summed E-state index contributed by atoms with van der Waals surface area (Å²) in [6.45, 7) is 2.55.